The highest BCUT2D eigenvalue weighted by molar-refractivity contribution is 6.05. The average Bonchev–Trinajstić information content (AvgIpc) is 3.14. The van der Waals surface area contributed by atoms with Crippen molar-refractivity contribution >= 4 is 29.3 Å². The highest BCUT2D eigenvalue weighted by Crippen LogP contribution is 2.50. The van der Waals surface area contributed by atoms with Gasteiger partial charge in [-0.05, 0) is 36.3 Å². The van der Waals surface area contributed by atoms with E-state index in [9.17, 15) is 19.2 Å². The molecule has 2 unspecified atom stereocenters. The number of piperidine rings is 1. The van der Waals surface area contributed by atoms with Crippen LogP contribution in [0.1, 0.15) is 18.4 Å². The van der Waals surface area contributed by atoms with Crippen molar-refractivity contribution in [3.05, 3.63) is 29.8 Å². The average molecular weight is 455 g/mol. The molecule has 4 atom stereocenters. The van der Waals surface area contributed by atoms with E-state index in [-0.39, 0.29) is 42.0 Å². The number of nitrogens with zero attached hydrogens (tertiary/aromatic N) is 2. The number of carbonyl (C=O) groups excluding carboxylic acids is 4. The molecule has 1 aromatic rings. The molecule has 3 aliphatic heterocycles. The Morgan fingerprint density at radius 1 is 1.03 bits per heavy atom. The molecule has 4 amide bonds. The van der Waals surface area contributed by atoms with E-state index in [1.54, 1.807) is 9.80 Å². The van der Waals surface area contributed by atoms with Crippen molar-refractivity contribution in [2.75, 3.05) is 50.8 Å². The van der Waals surface area contributed by atoms with Crippen LogP contribution in [0.25, 0.3) is 0 Å². The highest BCUT2D eigenvalue weighted by atomic mass is 16.5. The van der Waals surface area contributed by atoms with Gasteiger partial charge >= 0.3 is 0 Å². The molecule has 0 aromatic heterocycles. The van der Waals surface area contributed by atoms with E-state index in [4.69, 9.17) is 4.74 Å². The van der Waals surface area contributed by atoms with Crippen LogP contribution in [0, 0.1) is 23.7 Å². The fourth-order valence-electron chi connectivity index (χ4n) is 5.40. The number of hydrogen-bond donors (Lipinski definition) is 2. The fraction of sp³-hybridized carbons (Fsp3) is 0.583. The van der Waals surface area contributed by atoms with Crippen molar-refractivity contribution < 1.29 is 23.9 Å². The Morgan fingerprint density at radius 2 is 1.76 bits per heavy atom. The van der Waals surface area contributed by atoms with Crippen molar-refractivity contribution in [2.24, 2.45) is 23.7 Å². The lowest BCUT2D eigenvalue weighted by Crippen LogP contribution is -2.49. The van der Waals surface area contributed by atoms with Crippen LogP contribution in [0.15, 0.2) is 24.3 Å². The van der Waals surface area contributed by atoms with Gasteiger partial charge in [0, 0.05) is 37.8 Å². The van der Waals surface area contributed by atoms with Crippen LogP contribution in [0.5, 0.6) is 0 Å². The van der Waals surface area contributed by atoms with Gasteiger partial charge in [0.2, 0.25) is 23.6 Å². The lowest BCUT2D eigenvalue weighted by atomic mass is 9.97. The summed E-state index contributed by atoms with van der Waals surface area (Å²) in [5.74, 6) is 0.283. The van der Waals surface area contributed by atoms with Crippen molar-refractivity contribution in [1.82, 2.24) is 15.5 Å². The van der Waals surface area contributed by atoms with E-state index < -0.39 is 0 Å². The van der Waals surface area contributed by atoms with Gasteiger partial charge in [0.25, 0.3) is 0 Å². The molecule has 2 saturated heterocycles. The summed E-state index contributed by atoms with van der Waals surface area (Å²) in [6.07, 6.45) is 1.79. The first kappa shape index (κ1) is 21.9. The second-order valence-corrected chi connectivity index (χ2v) is 9.44. The SMILES string of the molecule is O=C(NCCNC(=O)C1[C@H]2COC[C@@H]12)C1CCCN(C(=O)CN2C(=O)Cc3ccccc32)C1. The molecule has 33 heavy (non-hydrogen) atoms. The molecule has 9 nitrogen and oxygen atoms in total. The van der Waals surface area contributed by atoms with E-state index in [0.29, 0.717) is 57.6 Å². The summed E-state index contributed by atoms with van der Waals surface area (Å²) in [6.45, 7) is 3.07. The molecule has 0 bridgehead atoms. The minimum absolute atomic E-state index is 0.00438. The van der Waals surface area contributed by atoms with Gasteiger partial charge in [-0.25, -0.2) is 0 Å². The van der Waals surface area contributed by atoms with E-state index in [1.807, 2.05) is 24.3 Å². The van der Waals surface area contributed by atoms with Gasteiger partial charge in [-0.2, -0.15) is 0 Å². The summed E-state index contributed by atoms with van der Waals surface area (Å²) in [4.78, 5) is 53.3. The van der Waals surface area contributed by atoms with Gasteiger partial charge in [-0.1, -0.05) is 18.2 Å². The van der Waals surface area contributed by atoms with Gasteiger partial charge in [-0.15, -0.1) is 0 Å². The number of carbonyl (C=O) groups is 4. The van der Waals surface area contributed by atoms with E-state index in [1.165, 1.54) is 0 Å². The Balaban J connectivity index is 1.06. The maximum atomic E-state index is 12.9. The molecule has 1 aliphatic carbocycles. The summed E-state index contributed by atoms with van der Waals surface area (Å²) in [7, 11) is 0. The minimum atomic E-state index is -0.278. The molecule has 2 N–H and O–H groups in total. The number of hydrogen-bond acceptors (Lipinski definition) is 5. The van der Waals surface area contributed by atoms with Gasteiger partial charge in [0.15, 0.2) is 0 Å². The zero-order valence-corrected chi connectivity index (χ0v) is 18.6. The number of nitrogens with one attached hydrogen (secondary N) is 2. The van der Waals surface area contributed by atoms with Crippen molar-refractivity contribution in [3.63, 3.8) is 0 Å². The first-order valence-corrected chi connectivity index (χ1v) is 11.8. The number of likely N-dealkylation sites (tertiary alicyclic amines) is 1. The fourth-order valence-corrected chi connectivity index (χ4v) is 5.40. The topological polar surface area (TPSA) is 108 Å². The largest absolute Gasteiger partial charge is 0.381 e. The standard InChI is InChI=1S/C24H30N4O5/c29-20-10-15-4-1-2-6-19(15)28(20)12-21(30)27-9-3-5-16(11-27)23(31)25-7-8-26-24(32)22-17-13-33-14-18(17)22/h1-2,4,6,16-18,22H,3,5,7-14H2,(H,25,31)(H,26,32)/t16?,17-,18+,22?. The quantitative estimate of drug-likeness (QED) is 0.562. The maximum Gasteiger partial charge on any atom is 0.242 e. The van der Waals surface area contributed by atoms with Crippen LogP contribution >= 0.6 is 0 Å². The number of para-hydroxylation sites is 1. The van der Waals surface area contributed by atoms with E-state index in [2.05, 4.69) is 10.6 Å². The summed E-state index contributed by atoms with van der Waals surface area (Å²) >= 11 is 0. The van der Waals surface area contributed by atoms with E-state index in [0.717, 1.165) is 24.1 Å². The lowest BCUT2D eigenvalue weighted by molar-refractivity contribution is -0.135. The summed E-state index contributed by atoms with van der Waals surface area (Å²) in [5, 5.41) is 5.79. The summed E-state index contributed by atoms with van der Waals surface area (Å²) in [6, 6.07) is 7.53. The van der Waals surface area contributed by atoms with Crippen LogP contribution in [0.4, 0.5) is 5.69 Å². The summed E-state index contributed by atoms with van der Waals surface area (Å²) < 4.78 is 5.31. The molecule has 1 saturated carbocycles. The first-order chi connectivity index (χ1) is 16.0. The van der Waals surface area contributed by atoms with Crippen molar-refractivity contribution in [2.45, 2.75) is 19.3 Å². The lowest BCUT2D eigenvalue weighted by Gasteiger charge is -2.33. The van der Waals surface area contributed by atoms with Gasteiger partial charge in [0.05, 0.1) is 25.6 Å². The molecule has 3 fully saturated rings. The second kappa shape index (κ2) is 9.13. The molecular formula is C24H30N4O5. The Kier molecular flexibility index (Phi) is 6.05. The Bertz CT molecular complexity index is 956. The summed E-state index contributed by atoms with van der Waals surface area (Å²) in [5.41, 5.74) is 1.74. The third-order valence-electron chi connectivity index (χ3n) is 7.34. The third-order valence-corrected chi connectivity index (χ3v) is 7.34. The van der Waals surface area contributed by atoms with Gasteiger partial charge < -0.3 is 25.2 Å². The number of rotatable bonds is 7. The zero-order valence-electron chi connectivity index (χ0n) is 18.6. The molecule has 0 radical (unpaired) electrons. The van der Waals surface area contributed by atoms with Crippen LogP contribution < -0.4 is 15.5 Å². The van der Waals surface area contributed by atoms with Crippen LogP contribution in [0.2, 0.25) is 0 Å². The van der Waals surface area contributed by atoms with Gasteiger partial charge in [-0.3, -0.25) is 19.2 Å². The Morgan fingerprint density at radius 3 is 2.55 bits per heavy atom. The first-order valence-electron chi connectivity index (χ1n) is 11.8. The molecule has 1 aromatic carbocycles. The minimum Gasteiger partial charge on any atom is -0.381 e. The third kappa shape index (κ3) is 4.46. The number of anilines is 1. The Labute approximate surface area is 192 Å². The highest BCUT2D eigenvalue weighted by Gasteiger charge is 2.57. The predicted octanol–water partition coefficient (Wildman–Crippen LogP) is -0.0609. The predicted molar refractivity (Wildman–Crippen MR) is 119 cm³/mol. The molecule has 3 heterocycles. The molecule has 0 spiro atoms. The number of ether oxygens (including phenoxy) is 1. The van der Waals surface area contributed by atoms with Crippen LogP contribution in [0.3, 0.4) is 0 Å². The van der Waals surface area contributed by atoms with Crippen LogP contribution in [-0.2, 0) is 30.3 Å². The van der Waals surface area contributed by atoms with Crippen molar-refractivity contribution in [3.8, 4) is 0 Å². The second-order valence-electron chi connectivity index (χ2n) is 9.44. The Hall–Kier alpha value is -2.94. The number of amides is 4. The maximum absolute atomic E-state index is 12.9. The molecular weight excluding hydrogens is 424 g/mol. The normalized spacial score (nSPS) is 27.7. The van der Waals surface area contributed by atoms with Crippen LogP contribution in [-0.4, -0.2) is 74.5 Å². The number of benzene rings is 1. The smallest absolute Gasteiger partial charge is 0.242 e. The molecule has 9 heteroatoms. The molecule has 4 aliphatic rings. The number of fused-ring (bicyclic) bond motifs is 2. The monoisotopic (exact) mass is 454 g/mol. The molecule has 176 valence electrons. The van der Waals surface area contributed by atoms with Gasteiger partial charge in [0.1, 0.15) is 6.54 Å². The van der Waals surface area contributed by atoms with Crippen molar-refractivity contribution in [1.29, 1.82) is 0 Å². The molecule has 5 rings (SSSR count). The zero-order chi connectivity index (χ0) is 22.9. The van der Waals surface area contributed by atoms with E-state index >= 15 is 0 Å².